The molecule has 0 fully saturated rings. The Hall–Kier alpha value is -1.96. The van der Waals surface area contributed by atoms with E-state index in [-0.39, 0.29) is 0 Å². The van der Waals surface area contributed by atoms with Crippen LogP contribution in [0.15, 0.2) is 23.7 Å². The van der Waals surface area contributed by atoms with Crippen LogP contribution in [0, 0.1) is 6.92 Å². The highest BCUT2D eigenvalue weighted by molar-refractivity contribution is 7.98. The van der Waals surface area contributed by atoms with Crippen molar-refractivity contribution in [3.8, 4) is 0 Å². The first-order valence-electron chi connectivity index (χ1n) is 7.34. The van der Waals surface area contributed by atoms with Gasteiger partial charge in [-0.3, -0.25) is 4.99 Å². The molecule has 120 valence electrons. The minimum atomic E-state index is 0.510. The summed E-state index contributed by atoms with van der Waals surface area (Å²) >= 11 is 1.83. The van der Waals surface area contributed by atoms with Gasteiger partial charge in [0.1, 0.15) is 5.82 Å². The highest BCUT2D eigenvalue weighted by atomic mass is 32.2. The lowest BCUT2D eigenvalue weighted by Gasteiger charge is -2.05. The Labute approximate surface area is 134 Å². The van der Waals surface area contributed by atoms with Gasteiger partial charge < -0.3 is 21.0 Å². The Morgan fingerprint density at radius 1 is 1.41 bits per heavy atom. The molecule has 2 heterocycles. The van der Waals surface area contributed by atoms with Crippen LogP contribution in [0.3, 0.4) is 0 Å². The van der Waals surface area contributed by atoms with E-state index in [1.807, 2.05) is 24.9 Å². The molecule has 0 bridgehead atoms. The number of imidazole rings is 2. The molecule has 2 aromatic rings. The number of aromatic amines is 2. The maximum absolute atomic E-state index is 5.82. The second-order valence-electron chi connectivity index (χ2n) is 4.86. The van der Waals surface area contributed by atoms with Gasteiger partial charge in [0.15, 0.2) is 5.96 Å². The minimum Gasteiger partial charge on any atom is -0.370 e. The van der Waals surface area contributed by atoms with E-state index in [1.54, 1.807) is 12.5 Å². The smallest absolute Gasteiger partial charge is 0.188 e. The first-order chi connectivity index (χ1) is 10.8. The minimum absolute atomic E-state index is 0.510. The van der Waals surface area contributed by atoms with Crippen LogP contribution in [0.4, 0.5) is 0 Å². The van der Waals surface area contributed by atoms with Gasteiger partial charge in [-0.15, -0.1) is 0 Å². The van der Waals surface area contributed by atoms with Gasteiger partial charge in [-0.1, -0.05) is 0 Å². The van der Waals surface area contributed by atoms with Gasteiger partial charge in [-0.25, -0.2) is 9.97 Å². The number of rotatable bonds is 9. The second kappa shape index (κ2) is 9.14. The molecule has 8 heteroatoms. The van der Waals surface area contributed by atoms with Crippen LogP contribution in [-0.2, 0) is 12.2 Å². The van der Waals surface area contributed by atoms with Crippen molar-refractivity contribution in [3.63, 3.8) is 0 Å². The Bertz CT molecular complexity index is 562. The van der Waals surface area contributed by atoms with E-state index in [0.717, 1.165) is 48.1 Å². The van der Waals surface area contributed by atoms with Crippen molar-refractivity contribution in [2.24, 2.45) is 10.7 Å². The summed E-state index contributed by atoms with van der Waals surface area (Å²) in [4.78, 5) is 18.9. The number of nitrogens with zero attached hydrogens (tertiary/aromatic N) is 3. The van der Waals surface area contributed by atoms with E-state index in [4.69, 9.17) is 5.73 Å². The topological polar surface area (TPSA) is 108 Å². The lowest BCUT2D eigenvalue weighted by Crippen LogP contribution is -2.33. The zero-order valence-electron chi connectivity index (χ0n) is 12.8. The zero-order chi connectivity index (χ0) is 15.6. The summed E-state index contributed by atoms with van der Waals surface area (Å²) < 4.78 is 0. The maximum Gasteiger partial charge on any atom is 0.188 e. The molecular formula is C14H23N7S. The Balaban J connectivity index is 1.50. The fourth-order valence-corrected chi connectivity index (χ4v) is 2.76. The fraction of sp³-hybridized carbons (Fsp3) is 0.500. The van der Waals surface area contributed by atoms with Gasteiger partial charge in [0.05, 0.1) is 12.0 Å². The van der Waals surface area contributed by atoms with Gasteiger partial charge in [0.25, 0.3) is 0 Å². The van der Waals surface area contributed by atoms with Crippen molar-refractivity contribution >= 4 is 17.7 Å². The van der Waals surface area contributed by atoms with Crippen LogP contribution in [0.1, 0.15) is 23.6 Å². The van der Waals surface area contributed by atoms with E-state index in [2.05, 4.69) is 30.2 Å². The SMILES string of the molecule is Cc1[nH]cnc1CSCCNC(N)=NCCCc1ncc[nH]1. The lowest BCUT2D eigenvalue weighted by molar-refractivity contribution is 0.787. The Kier molecular flexibility index (Phi) is 6.82. The molecule has 0 unspecified atom stereocenters. The fourth-order valence-electron chi connectivity index (χ4n) is 1.89. The Morgan fingerprint density at radius 2 is 2.32 bits per heavy atom. The van der Waals surface area contributed by atoms with E-state index in [0.29, 0.717) is 12.5 Å². The lowest BCUT2D eigenvalue weighted by atomic mass is 10.3. The van der Waals surface area contributed by atoms with E-state index >= 15 is 0 Å². The number of hydrogen-bond donors (Lipinski definition) is 4. The molecule has 0 radical (unpaired) electrons. The number of nitrogens with two attached hydrogens (primary N) is 1. The molecule has 5 N–H and O–H groups in total. The summed E-state index contributed by atoms with van der Waals surface area (Å²) in [6, 6.07) is 0. The molecule has 2 aromatic heterocycles. The molecule has 0 spiro atoms. The van der Waals surface area contributed by atoms with Gasteiger partial charge in [0, 0.05) is 49.1 Å². The quantitative estimate of drug-likeness (QED) is 0.315. The molecular weight excluding hydrogens is 298 g/mol. The van der Waals surface area contributed by atoms with Crippen LogP contribution in [0.25, 0.3) is 0 Å². The molecule has 2 rings (SSSR count). The predicted octanol–water partition coefficient (Wildman–Crippen LogP) is 1.21. The number of thioether (sulfide) groups is 1. The number of aromatic nitrogens is 4. The number of guanidine groups is 1. The molecule has 0 aliphatic heterocycles. The predicted molar refractivity (Wildman–Crippen MR) is 90.9 cm³/mol. The summed E-state index contributed by atoms with van der Waals surface area (Å²) in [5.41, 5.74) is 8.08. The van der Waals surface area contributed by atoms with Crippen LogP contribution < -0.4 is 11.1 Å². The van der Waals surface area contributed by atoms with Crippen molar-refractivity contribution in [2.45, 2.75) is 25.5 Å². The molecule has 0 saturated carbocycles. The average molecular weight is 321 g/mol. The summed E-state index contributed by atoms with van der Waals surface area (Å²) in [5, 5.41) is 3.13. The number of aryl methyl sites for hydroxylation is 2. The van der Waals surface area contributed by atoms with Crippen molar-refractivity contribution in [3.05, 3.63) is 35.9 Å². The zero-order valence-corrected chi connectivity index (χ0v) is 13.6. The standard InChI is InChI=1S/C14H23N7S/c1-11-12(21-10-20-11)9-22-8-7-19-14(15)18-4-2-3-13-16-5-6-17-13/h5-6,10H,2-4,7-9H2,1H3,(H,16,17)(H,20,21)(H3,15,18,19). The normalized spacial score (nSPS) is 11.8. The summed E-state index contributed by atoms with van der Waals surface area (Å²) in [6.07, 6.45) is 7.15. The first kappa shape index (κ1) is 16.4. The van der Waals surface area contributed by atoms with Gasteiger partial charge in [0.2, 0.25) is 0 Å². The van der Waals surface area contributed by atoms with Gasteiger partial charge >= 0.3 is 0 Å². The summed E-state index contributed by atoms with van der Waals surface area (Å²) in [5.74, 6) is 3.38. The largest absolute Gasteiger partial charge is 0.370 e. The third-order valence-corrected chi connectivity index (χ3v) is 4.10. The number of hydrogen-bond acceptors (Lipinski definition) is 4. The van der Waals surface area contributed by atoms with Crippen LogP contribution in [-0.4, -0.2) is 44.7 Å². The van der Waals surface area contributed by atoms with E-state index in [9.17, 15) is 0 Å². The van der Waals surface area contributed by atoms with Crippen LogP contribution in [0.2, 0.25) is 0 Å². The number of nitrogens with one attached hydrogen (secondary N) is 3. The third-order valence-electron chi connectivity index (χ3n) is 3.13. The molecule has 0 atom stereocenters. The highest BCUT2D eigenvalue weighted by Gasteiger charge is 2.00. The molecule has 7 nitrogen and oxygen atoms in total. The Morgan fingerprint density at radius 3 is 3.05 bits per heavy atom. The third kappa shape index (κ3) is 5.80. The van der Waals surface area contributed by atoms with Crippen molar-refractivity contribution in [2.75, 3.05) is 18.8 Å². The number of aliphatic imine (C=N–C) groups is 1. The van der Waals surface area contributed by atoms with Crippen LogP contribution in [0.5, 0.6) is 0 Å². The summed E-state index contributed by atoms with van der Waals surface area (Å²) in [6.45, 7) is 3.55. The molecule has 0 aliphatic carbocycles. The highest BCUT2D eigenvalue weighted by Crippen LogP contribution is 2.11. The van der Waals surface area contributed by atoms with Gasteiger partial charge in [-0.2, -0.15) is 11.8 Å². The average Bonchev–Trinajstić information content (AvgIpc) is 3.15. The van der Waals surface area contributed by atoms with E-state index in [1.165, 1.54) is 0 Å². The molecule has 0 aliphatic rings. The molecule has 0 amide bonds. The monoisotopic (exact) mass is 321 g/mol. The summed E-state index contributed by atoms with van der Waals surface area (Å²) in [7, 11) is 0. The maximum atomic E-state index is 5.82. The van der Waals surface area contributed by atoms with E-state index < -0.39 is 0 Å². The van der Waals surface area contributed by atoms with Crippen molar-refractivity contribution < 1.29 is 0 Å². The first-order valence-corrected chi connectivity index (χ1v) is 8.50. The van der Waals surface area contributed by atoms with Crippen molar-refractivity contribution in [1.82, 2.24) is 25.3 Å². The van der Waals surface area contributed by atoms with Crippen molar-refractivity contribution in [1.29, 1.82) is 0 Å². The second-order valence-corrected chi connectivity index (χ2v) is 5.97. The number of H-pyrrole nitrogens is 2. The van der Waals surface area contributed by atoms with Gasteiger partial charge in [-0.05, 0) is 13.3 Å². The molecule has 0 aromatic carbocycles. The van der Waals surface area contributed by atoms with Crippen LogP contribution >= 0.6 is 11.8 Å². The molecule has 22 heavy (non-hydrogen) atoms. The molecule has 0 saturated heterocycles.